The van der Waals surface area contributed by atoms with Gasteiger partial charge in [0.25, 0.3) is 0 Å². The van der Waals surface area contributed by atoms with Crippen molar-refractivity contribution in [3.63, 3.8) is 0 Å². The van der Waals surface area contributed by atoms with E-state index in [0.717, 1.165) is 38.5 Å². The maximum absolute atomic E-state index is 11.4. The first kappa shape index (κ1) is 19.7. The molecule has 0 unspecified atom stereocenters. The van der Waals surface area contributed by atoms with Gasteiger partial charge in [0, 0.05) is 12.0 Å². The van der Waals surface area contributed by atoms with Gasteiger partial charge in [0.15, 0.2) is 0 Å². The lowest BCUT2D eigenvalue weighted by molar-refractivity contribution is -0.144. The third kappa shape index (κ3) is 13.4. The molecule has 0 aromatic heterocycles. The number of ether oxygens (including phenoxy) is 1. The summed E-state index contributed by atoms with van der Waals surface area (Å²) in [7, 11) is 0. The number of aliphatic carboxylic acids is 1. The zero-order valence-corrected chi connectivity index (χ0v) is 13.4. The van der Waals surface area contributed by atoms with Gasteiger partial charge in [-0.05, 0) is 25.7 Å². The van der Waals surface area contributed by atoms with Crippen LogP contribution in [0.15, 0.2) is 12.2 Å². The molecule has 0 heterocycles. The van der Waals surface area contributed by atoms with Gasteiger partial charge in [-0.1, -0.05) is 52.0 Å². The van der Waals surface area contributed by atoms with E-state index in [0.29, 0.717) is 19.4 Å². The van der Waals surface area contributed by atoms with Gasteiger partial charge in [-0.15, -0.1) is 0 Å². The van der Waals surface area contributed by atoms with Gasteiger partial charge in [0.05, 0.1) is 6.61 Å². The summed E-state index contributed by atoms with van der Waals surface area (Å²) in [6, 6.07) is 0. The Hall–Kier alpha value is -1.32. The van der Waals surface area contributed by atoms with E-state index < -0.39 is 5.97 Å². The van der Waals surface area contributed by atoms with E-state index in [1.165, 1.54) is 19.3 Å². The number of rotatable bonds is 14. The van der Waals surface area contributed by atoms with Gasteiger partial charge in [-0.2, -0.15) is 0 Å². The predicted octanol–water partition coefficient (Wildman–Crippen LogP) is 4.48. The molecule has 0 aliphatic heterocycles. The predicted molar refractivity (Wildman–Crippen MR) is 84.2 cm³/mol. The molecule has 0 aromatic carbocycles. The summed E-state index contributed by atoms with van der Waals surface area (Å²) < 4.78 is 5.16. The first-order valence-corrected chi connectivity index (χ1v) is 8.14. The van der Waals surface area contributed by atoms with Crippen molar-refractivity contribution >= 4 is 11.9 Å². The van der Waals surface area contributed by atoms with E-state index in [1.807, 2.05) is 0 Å². The quantitative estimate of drug-likeness (QED) is 0.292. The van der Waals surface area contributed by atoms with Gasteiger partial charge in [-0.25, -0.2) is 4.79 Å². The van der Waals surface area contributed by atoms with Crippen molar-refractivity contribution in [2.24, 2.45) is 0 Å². The molecule has 21 heavy (non-hydrogen) atoms. The number of carboxylic acids is 1. The molecule has 0 aliphatic carbocycles. The summed E-state index contributed by atoms with van der Waals surface area (Å²) >= 11 is 0. The highest BCUT2D eigenvalue weighted by Crippen LogP contribution is 2.09. The number of esters is 1. The summed E-state index contributed by atoms with van der Waals surface area (Å²) in [4.78, 5) is 22.0. The van der Waals surface area contributed by atoms with E-state index >= 15 is 0 Å². The zero-order chi connectivity index (χ0) is 15.9. The Labute approximate surface area is 128 Å². The molecule has 0 fully saturated rings. The highest BCUT2D eigenvalue weighted by atomic mass is 16.5. The molecule has 0 radical (unpaired) electrons. The maximum Gasteiger partial charge on any atom is 0.330 e. The van der Waals surface area contributed by atoms with Gasteiger partial charge in [0.1, 0.15) is 0 Å². The summed E-state index contributed by atoms with van der Waals surface area (Å²) in [6.07, 6.45) is 10.3. The smallest absolute Gasteiger partial charge is 0.330 e. The van der Waals surface area contributed by atoms with Gasteiger partial charge >= 0.3 is 11.9 Å². The first-order valence-electron chi connectivity index (χ1n) is 8.14. The first-order chi connectivity index (χ1) is 10.1. The standard InChI is InChI=1S/C17H30O4/c1-3-4-5-6-10-13-16(18)21-14-11-8-7-9-12-15(2)17(19)20/h2-14H2,1H3,(H,19,20). The second-order valence-electron chi connectivity index (χ2n) is 5.46. The number of carbonyl (C=O) groups is 2. The van der Waals surface area contributed by atoms with Gasteiger partial charge in [-0.3, -0.25) is 4.79 Å². The molecule has 0 rings (SSSR count). The van der Waals surface area contributed by atoms with E-state index in [1.54, 1.807) is 0 Å². The molecule has 1 N–H and O–H groups in total. The van der Waals surface area contributed by atoms with Crippen molar-refractivity contribution in [1.29, 1.82) is 0 Å². The molecular formula is C17H30O4. The lowest BCUT2D eigenvalue weighted by Gasteiger charge is -2.05. The third-order valence-electron chi connectivity index (χ3n) is 3.42. The van der Waals surface area contributed by atoms with Crippen LogP contribution in [-0.4, -0.2) is 23.7 Å². The number of carbonyl (C=O) groups excluding carboxylic acids is 1. The molecule has 4 heteroatoms. The minimum atomic E-state index is -0.914. The SMILES string of the molecule is C=C(CCCCCCOC(=O)CCCCCCC)C(=O)O. The van der Waals surface area contributed by atoms with Crippen molar-refractivity contribution in [3.8, 4) is 0 Å². The lowest BCUT2D eigenvalue weighted by atomic mass is 10.1. The van der Waals surface area contributed by atoms with Crippen LogP contribution in [0, 0.1) is 0 Å². The minimum absolute atomic E-state index is 0.0919. The van der Waals surface area contributed by atoms with Crippen LogP contribution in [-0.2, 0) is 14.3 Å². The van der Waals surface area contributed by atoms with Crippen molar-refractivity contribution in [2.45, 2.75) is 77.6 Å². The topological polar surface area (TPSA) is 63.6 Å². The zero-order valence-electron chi connectivity index (χ0n) is 13.4. The largest absolute Gasteiger partial charge is 0.478 e. The highest BCUT2D eigenvalue weighted by molar-refractivity contribution is 5.85. The Kier molecular flexibility index (Phi) is 12.8. The summed E-state index contributed by atoms with van der Waals surface area (Å²) in [5.74, 6) is -1.01. The normalized spacial score (nSPS) is 10.3. The Balaban J connectivity index is 3.29. The average molecular weight is 298 g/mol. The molecule has 122 valence electrons. The van der Waals surface area contributed by atoms with Crippen LogP contribution in [0.4, 0.5) is 0 Å². The van der Waals surface area contributed by atoms with E-state index in [4.69, 9.17) is 9.84 Å². The third-order valence-corrected chi connectivity index (χ3v) is 3.42. The second-order valence-corrected chi connectivity index (χ2v) is 5.46. The fourth-order valence-electron chi connectivity index (χ4n) is 2.03. The van der Waals surface area contributed by atoms with Crippen molar-refractivity contribution in [2.75, 3.05) is 6.61 Å². The fourth-order valence-corrected chi connectivity index (χ4v) is 2.03. The monoisotopic (exact) mass is 298 g/mol. The average Bonchev–Trinajstić information content (AvgIpc) is 2.45. The van der Waals surface area contributed by atoms with E-state index in [9.17, 15) is 9.59 Å². The molecular weight excluding hydrogens is 268 g/mol. The van der Waals surface area contributed by atoms with Crippen LogP contribution in [0.25, 0.3) is 0 Å². The second kappa shape index (κ2) is 13.7. The maximum atomic E-state index is 11.4. The van der Waals surface area contributed by atoms with Crippen molar-refractivity contribution < 1.29 is 19.4 Å². The van der Waals surface area contributed by atoms with Crippen LogP contribution >= 0.6 is 0 Å². The van der Waals surface area contributed by atoms with Crippen LogP contribution in [0.1, 0.15) is 77.6 Å². The summed E-state index contributed by atoms with van der Waals surface area (Å²) in [5, 5.41) is 8.65. The van der Waals surface area contributed by atoms with E-state index in [-0.39, 0.29) is 11.5 Å². The molecule has 0 saturated heterocycles. The molecule has 0 atom stereocenters. The van der Waals surface area contributed by atoms with Crippen LogP contribution in [0.3, 0.4) is 0 Å². The fraction of sp³-hybridized carbons (Fsp3) is 0.765. The van der Waals surface area contributed by atoms with E-state index in [2.05, 4.69) is 13.5 Å². The van der Waals surface area contributed by atoms with Crippen LogP contribution in [0.5, 0.6) is 0 Å². The highest BCUT2D eigenvalue weighted by Gasteiger charge is 2.04. The van der Waals surface area contributed by atoms with Gasteiger partial charge in [0.2, 0.25) is 0 Å². The number of carboxylic acid groups (broad SMARTS) is 1. The van der Waals surface area contributed by atoms with Crippen molar-refractivity contribution in [3.05, 3.63) is 12.2 Å². The Morgan fingerprint density at radius 3 is 2.10 bits per heavy atom. The summed E-state index contributed by atoms with van der Waals surface area (Å²) in [5.41, 5.74) is 0.268. The summed E-state index contributed by atoms with van der Waals surface area (Å²) in [6.45, 7) is 6.14. The molecule has 0 aliphatic rings. The Bertz CT molecular complexity index is 310. The minimum Gasteiger partial charge on any atom is -0.478 e. The molecule has 0 amide bonds. The number of hydrogen-bond donors (Lipinski definition) is 1. The Morgan fingerprint density at radius 1 is 0.905 bits per heavy atom. The lowest BCUT2D eigenvalue weighted by Crippen LogP contribution is -2.05. The molecule has 4 nitrogen and oxygen atoms in total. The van der Waals surface area contributed by atoms with Crippen LogP contribution in [0.2, 0.25) is 0 Å². The number of unbranched alkanes of at least 4 members (excludes halogenated alkanes) is 7. The molecule has 0 aromatic rings. The molecule has 0 bridgehead atoms. The van der Waals surface area contributed by atoms with Gasteiger partial charge < -0.3 is 9.84 Å². The Morgan fingerprint density at radius 2 is 1.48 bits per heavy atom. The molecule has 0 spiro atoms. The number of hydrogen-bond acceptors (Lipinski definition) is 3. The van der Waals surface area contributed by atoms with Crippen molar-refractivity contribution in [1.82, 2.24) is 0 Å². The molecule has 0 saturated carbocycles. The van der Waals surface area contributed by atoms with Crippen LogP contribution < -0.4 is 0 Å².